The largest absolute Gasteiger partial charge is 0.374 e. The maximum Gasteiger partial charge on any atom is 0.0896 e. The molecule has 112 valence electrons. The van der Waals surface area contributed by atoms with Gasteiger partial charge in [-0.15, -0.1) is 0 Å². The maximum absolute atomic E-state index is 6.03. The second kappa shape index (κ2) is 6.56. The Hall–Kier alpha value is -1.42. The summed E-state index contributed by atoms with van der Waals surface area (Å²) in [6.07, 6.45) is 0.213. The number of fused-ring (bicyclic) bond motifs is 1. The van der Waals surface area contributed by atoms with Crippen LogP contribution < -0.4 is 5.32 Å². The van der Waals surface area contributed by atoms with Crippen molar-refractivity contribution in [3.8, 4) is 0 Å². The third-order valence-corrected chi connectivity index (χ3v) is 4.44. The van der Waals surface area contributed by atoms with Crippen molar-refractivity contribution in [1.29, 1.82) is 0 Å². The van der Waals surface area contributed by atoms with E-state index in [0.717, 1.165) is 26.2 Å². The number of nitrogens with zero attached hydrogens (tertiary/aromatic N) is 1. The first kappa shape index (κ1) is 14.5. The van der Waals surface area contributed by atoms with Gasteiger partial charge in [-0.05, 0) is 36.0 Å². The smallest absolute Gasteiger partial charge is 0.0896 e. The van der Waals surface area contributed by atoms with Gasteiger partial charge in [-0.25, -0.2) is 0 Å². The first-order valence-corrected chi connectivity index (χ1v) is 7.81. The fourth-order valence-electron chi connectivity index (χ4n) is 3.19. The molecular formula is C18H24N2O. The van der Waals surface area contributed by atoms with Crippen molar-refractivity contribution in [2.24, 2.45) is 0 Å². The van der Waals surface area contributed by atoms with Crippen LogP contribution in [0.25, 0.3) is 10.8 Å². The second-order valence-corrected chi connectivity index (χ2v) is 5.68. The predicted molar refractivity (Wildman–Crippen MR) is 87.6 cm³/mol. The van der Waals surface area contributed by atoms with Gasteiger partial charge in [0.25, 0.3) is 0 Å². The molecule has 0 spiro atoms. The number of rotatable bonds is 4. The average Bonchev–Trinajstić information content (AvgIpc) is 2.56. The Kier molecular flexibility index (Phi) is 4.54. The molecule has 1 N–H and O–H groups in total. The first-order valence-electron chi connectivity index (χ1n) is 7.81. The van der Waals surface area contributed by atoms with E-state index in [1.165, 1.54) is 16.3 Å². The molecule has 1 aliphatic rings. The minimum Gasteiger partial charge on any atom is -0.374 e. The maximum atomic E-state index is 6.03. The van der Waals surface area contributed by atoms with E-state index in [2.05, 4.69) is 59.6 Å². The van der Waals surface area contributed by atoms with E-state index in [1.54, 1.807) is 0 Å². The zero-order valence-corrected chi connectivity index (χ0v) is 12.9. The van der Waals surface area contributed by atoms with Gasteiger partial charge in [-0.3, -0.25) is 4.90 Å². The van der Waals surface area contributed by atoms with Gasteiger partial charge in [-0.2, -0.15) is 0 Å². The molecular weight excluding hydrogens is 260 g/mol. The highest BCUT2D eigenvalue weighted by molar-refractivity contribution is 5.83. The summed E-state index contributed by atoms with van der Waals surface area (Å²) in [6.45, 7) is 6.17. The van der Waals surface area contributed by atoms with E-state index in [-0.39, 0.29) is 12.1 Å². The van der Waals surface area contributed by atoms with E-state index < -0.39 is 0 Å². The van der Waals surface area contributed by atoms with E-state index >= 15 is 0 Å². The lowest BCUT2D eigenvalue weighted by molar-refractivity contribution is -0.0444. The summed E-state index contributed by atoms with van der Waals surface area (Å²) >= 11 is 0. The molecule has 3 heteroatoms. The van der Waals surface area contributed by atoms with Crippen molar-refractivity contribution in [3.63, 3.8) is 0 Å². The van der Waals surface area contributed by atoms with Crippen molar-refractivity contribution in [3.05, 3.63) is 48.0 Å². The number of ether oxygens (including phenoxy) is 1. The third-order valence-electron chi connectivity index (χ3n) is 4.44. The number of hydrogen-bond acceptors (Lipinski definition) is 3. The summed E-state index contributed by atoms with van der Waals surface area (Å²) in [5, 5.41) is 6.02. The summed E-state index contributed by atoms with van der Waals surface area (Å²) in [5.41, 5.74) is 1.30. The number of likely N-dealkylation sites (N-methyl/N-ethyl adjacent to an activating group) is 2. The minimum absolute atomic E-state index is 0.213. The molecule has 1 fully saturated rings. The van der Waals surface area contributed by atoms with Crippen LogP contribution in [0.4, 0.5) is 0 Å². The average molecular weight is 284 g/mol. The standard InChI is InChI=1S/C18H24N2O/c1-3-20-10-11-21-17(13-20)18(19-2)16-9-8-14-6-4-5-7-15(14)12-16/h4-9,12,17-19H,3,10-11,13H2,1-2H3. The Bertz CT molecular complexity index is 599. The lowest BCUT2D eigenvalue weighted by atomic mass is 9.97. The molecule has 1 saturated heterocycles. The van der Waals surface area contributed by atoms with Gasteiger partial charge >= 0.3 is 0 Å². The van der Waals surface area contributed by atoms with Gasteiger partial charge in [0.15, 0.2) is 0 Å². The van der Waals surface area contributed by atoms with Gasteiger partial charge in [-0.1, -0.05) is 43.3 Å². The SMILES string of the molecule is CCN1CCOC(C(NC)c2ccc3ccccc3c2)C1. The van der Waals surface area contributed by atoms with Gasteiger partial charge in [0.05, 0.1) is 18.8 Å². The zero-order chi connectivity index (χ0) is 14.7. The number of nitrogens with one attached hydrogen (secondary N) is 1. The van der Waals surface area contributed by atoms with Crippen LogP contribution in [0.5, 0.6) is 0 Å². The van der Waals surface area contributed by atoms with Crippen molar-refractivity contribution >= 4 is 10.8 Å². The lowest BCUT2D eigenvalue weighted by Gasteiger charge is -2.36. The fraction of sp³-hybridized carbons (Fsp3) is 0.444. The molecule has 0 saturated carbocycles. The number of morpholine rings is 1. The molecule has 2 aromatic carbocycles. The Morgan fingerprint density at radius 3 is 2.81 bits per heavy atom. The van der Waals surface area contributed by atoms with Gasteiger partial charge in [0.1, 0.15) is 0 Å². The topological polar surface area (TPSA) is 24.5 Å². The van der Waals surface area contributed by atoms with Gasteiger partial charge in [0, 0.05) is 13.1 Å². The number of hydrogen-bond donors (Lipinski definition) is 1. The molecule has 0 amide bonds. The fourth-order valence-corrected chi connectivity index (χ4v) is 3.19. The van der Waals surface area contributed by atoms with E-state index in [4.69, 9.17) is 4.74 Å². The summed E-state index contributed by atoms with van der Waals surface area (Å²) in [6, 6.07) is 15.5. The molecule has 0 aliphatic carbocycles. The van der Waals surface area contributed by atoms with Crippen LogP contribution in [-0.4, -0.2) is 44.3 Å². The van der Waals surface area contributed by atoms with Crippen LogP contribution in [-0.2, 0) is 4.74 Å². The van der Waals surface area contributed by atoms with E-state index in [1.807, 2.05) is 7.05 Å². The van der Waals surface area contributed by atoms with Crippen molar-refractivity contribution in [2.45, 2.75) is 19.1 Å². The van der Waals surface area contributed by atoms with Crippen molar-refractivity contribution < 1.29 is 4.74 Å². The Morgan fingerprint density at radius 2 is 2.05 bits per heavy atom. The van der Waals surface area contributed by atoms with Crippen LogP contribution in [0.3, 0.4) is 0 Å². The monoisotopic (exact) mass is 284 g/mol. The summed E-state index contributed by atoms with van der Waals surface area (Å²) in [5.74, 6) is 0. The summed E-state index contributed by atoms with van der Waals surface area (Å²) in [4.78, 5) is 2.46. The minimum atomic E-state index is 0.213. The third kappa shape index (κ3) is 3.10. The van der Waals surface area contributed by atoms with E-state index in [9.17, 15) is 0 Å². The van der Waals surface area contributed by atoms with Crippen molar-refractivity contribution in [1.82, 2.24) is 10.2 Å². The molecule has 0 radical (unpaired) electrons. The summed E-state index contributed by atoms with van der Waals surface area (Å²) < 4.78 is 6.03. The Labute approximate surface area is 126 Å². The van der Waals surface area contributed by atoms with Gasteiger partial charge in [0.2, 0.25) is 0 Å². The lowest BCUT2D eigenvalue weighted by Crippen LogP contribution is -2.47. The van der Waals surface area contributed by atoms with Crippen LogP contribution in [0.1, 0.15) is 18.5 Å². The predicted octanol–water partition coefficient (Wildman–Crippen LogP) is 2.82. The molecule has 2 aromatic rings. The molecule has 3 nitrogen and oxygen atoms in total. The molecule has 21 heavy (non-hydrogen) atoms. The Morgan fingerprint density at radius 1 is 1.24 bits per heavy atom. The van der Waals surface area contributed by atoms with Crippen molar-refractivity contribution in [2.75, 3.05) is 33.3 Å². The molecule has 1 heterocycles. The van der Waals surface area contributed by atoms with Crippen LogP contribution in [0, 0.1) is 0 Å². The van der Waals surface area contributed by atoms with Crippen LogP contribution >= 0.6 is 0 Å². The quantitative estimate of drug-likeness (QED) is 0.934. The first-order chi connectivity index (χ1) is 10.3. The second-order valence-electron chi connectivity index (χ2n) is 5.68. The molecule has 3 rings (SSSR count). The molecule has 1 aliphatic heterocycles. The molecule has 2 atom stereocenters. The van der Waals surface area contributed by atoms with Crippen LogP contribution in [0.2, 0.25) is 0 Å². The molecule has 0 aromatic heterocycles. The number of benzene rings is 2. The highest BCUT2D eigenvalue weighted by Crippen LogP contribution is 2.25. The van der Waals surface area contributed by atoms with E-state index in [0.29, 0.717) is 0 Å². The van der Waals surface area contributed by atoms with Crippen LogP contribution in [0.15, 0.2) is 42.5 Å². The normalized spacial score (nSPS) is 21.5. The highest BCUT2D eigenvalue weighted by atomic mass is 16.5. The highest BCUT2D eigenvalue weighted by Gasteiger charge is 2.27. The Balaban J connectivity index is 1.86. The summed E-state index contributed by atoms with van der Waals surface area (Å²) in [7, 11) is 2.02. The molecule has 2 unspecified atom stereocenters. The zero-order valence-electron chi connectivity index (χ0n) is 12.9. The molecule has 0 bridgehead atoms. The van der Waals surface area contributed by atoms with Gasteiger partial charge < -0.3 is 10.1 Å².